The van der Waals surface area contributed by atoms with Gasteiger partial charge in [-0.2, -0.15) is 0 Å². The fourth-order valence-electron chi connectivity index (χ4n) is 3.18. The van der Waals surface area contributed by atoms with E-state index in [0.29, 0.717) is 32.1 Å². The fourth-order valence-corrected chi connectivity index (χ4v) is 3.18. The van der Waals surface area contributed by atoms with Crippen molar-refractivity contribution in [1.82, 2.24) is 15.5 Å². The van der Waals surface area contributed by atoms with Crippen LogP contribution < -0.4 is 10.6 Å². The van der Waals surface area contributed by atoms with E-state index in [1.165, 1.54) is 0 Å². The SMILES string of the molecule is CCCNC(=O)C1CCCN(C(=O)CCCNC(=O)c2ccc(F)cc2F)C1. The van der Waals surface area contributed by atoms with Crippen LogP contribution in [0.2, 0.25) is 0 Å². The normalized spacial score (nSPS) is 16.5. The molecule has 1 unspecified atom stereocenters. The van der Waals surface area contributed by atoms with Crippen LogP contribution >= 0.6 is 0 Å². The number of amides is 3. The van der Waals surface area contributed by atoms with Crippen molar-refractivity contribution in [2.75, 3.05) is 26.2 Å². The monoisotopic (exact) mass is 395 g/mol. The van der Waals surface area contributed by atoms with Gasteiger partial charge in [0.1, 0.15) is 11.6 Å². The molecule has 1 heterocycles. The Labute approximate surface area is 163 Å². The van der Waals surface area contributed by atoms with Gasteiger partial charge < -0.3 is 15.5 Å². The molecule has 0 radical (unpaired) electrons. The Balaban J connectivity index is 1.73. The molecule has 3 amide bonds. The molecule has 1 aromatic rings. The highest BCUT2D eigenvalue weighted by Crippen LogP contribution is 2.18. The molecule has 8 heteroatoms. The van der Waals surface area contributed by atoms with E-state index < -0.39 is 17.5 Å². The van der Waals surface area contributed by atoms with Crippen LogP contribution in [0.5, 0.6) is 0 Å². The van der Waals surface area contributed by atoms with Gasteiger partial charge in [-0.25, -0.2) is 8.78 Å². The van der Waals surface area contributed by atoms with Crippen LogP contribution in [0.15, 0.2) is 18.2 Å². The Morgan fingerprint density at radius 3 is 2.68 bits per heavy atom. The smallest absolute Gasteiger partial charge is 0.254 e. The number of nitrogens with one attached hydrogen (secondary N) is 2. The van der Waals surface area contributed by atoms with Gasteiger partial charge in [-0.3, -0.25) is 14.4 Å². The predicted molar refractivity (Wildman–Crippen MR) is 101 cm³/mol. The molecule has 1 atom stereocenters. The second-order valence-electron chi connectivity index (χ2n) is 6.95. The quantitative estimate of drug-likeness (QED) is 0.663. The van der Waals surface area contributed by atoms with E-state index in [1.54, 1.807) is 4.90 Å². The molecule has 1 aliphatic heterocycles. The summed E-state index contributed by atoms with van der Waals surface area (Å²) in [4.78, 5) is 38.1. The van der Waals surface area contributed by atoms with Crippen molar-refractivity contribution >= 4 is 17.7 Å². The number of carbonyl (C=O) groups excluding carboxylic acids is 3. The van der Waals surface area contributed by atoms with E-state index in [0.717, 1.165) is 31.4 Å². The van der Waals surface area contributed by atoms with Gasteiger partial charge in [-0.15, -0.1) is 0 Å². The predicted octanol–water partition coefficient (Wildman–Crippen LogP) is 2.24. The Bertz CT molecular complexity index is 712. The molecular formula is C20H27F2N3O3. The lowest BCUT2D eigenvalue weighted by atomic mass is 9.96. The summed E-state index contributed by atoms with van der Waals surface area (Å²) in [5.74, 6) is -2.55. The molecule has 0 aliphatic carbocycles. The minimum absolute atomic E-state index is 0.00654. The van der Waals surface area contributed by atoms with Gasteiger partial charge in [0.25, 0.3) is 5.91 Å². The molecule has 2 rings (SSSR count). The fraction of sp³-hybridized carbons (Fsp3) is 0.550. The van der Waals surface area contributed by atoms with Gasteiger partial charge in [0, 0.05) is 38.7 Å². The molecular weight excluding hydrogens is 368 g/mol. The second-order valence-corrected chi connectivity index (χ2v) is 6.95. The van der Waals surface area contributed by atoms with Gasteiger partial charge in [-0.05, 0) is 37.8 Å². The van der Waals surface area contributed by atoms with E-state index in [9.17, 15) is 23.2 Å². The lowest BCUT2D eigenvalue weighted by Gasteiger charge is -2.32. The van der Waals surface area contributed by atoms with Crippen LogP contribution in [-0.4, -0.2) is 48.8 Å². The summed E-state index contributed by atoms with van der Waals surface area (Å²) in [5.41, 5.74) is -0.232. The molecule has 154 valence electrons. The largest absolute Gasteiger partial charge is 0.356 e. The van der Waals surface area contributed by atoms with E-state index in [1.807, 2.05) is 6.92 Å². The zero-order chi connectivity index (χ0) is 20.5. The van der Waals surface area contributed by atoms with E-state index in [4.69, 9.17) is 0 Å². The molecule has 1 saturated heterocycles. The summed E-state index contributed by atoms with van der Waals surface area (Å²) >= 11 is 0. The lowest BCUT2D eigenvalue weighted by molar-refractivity contribution is -0.135. The Morgan fingerprint density at radius 1 is 1.18 bits per heavy atom. The number of rotatable bonds is 8. The molecule has 28 heavy (non-hydrogen) atoms. The third-order valence-corrected chi connectivity index (χ3v) is 4.72. The number of benzene rings is 1. The number of likely N-dealkylation sites (tertiary alicyclic amines) is 1. The van der Waals surface area contributed by atoms with E-state index in [-0.39, 0.29) is 36.3 Å². The average Bonchev–Trinajstić information content (AvgIpc) is 2.69. The number of piperidine rings is 1. The molecule has 1 aromatic carbocycles. The summed E-state index contributed by atoms with van der Waals surface area (Å²) in [6.45, 7) is 3.87. The zero-order valence-electron chi connectivity index (χ0n) is 16.1. The highest BCUT2D eigenvalue weighted by Gasteiger charge is 2.27. The molecule has 1 fully saturated rings. The second kappa shape index (κ2) is 10.7. The number of hydrogen-bond donors (Lipinski definition) is 2. The third kappa shape index (κ3) is 6.28. The summed E-state index contributed by atoms with van der Waals surface area (Å²) in [6.07, 6.45) is 3.07. The molecule has 6 nitrogen and oxygen atoms in total. The number of hydrogen-bond acceptors (Lipinski definition) is 3. The van der Waals surface area contributed by atoms with Crippen molar-refractivity contribution in [2.45, 2.75) is 39.0 Å². The minimum atomic E-state index is -0.922. The first-order valence-corrected chi connectivity index (χ1v) is 9.71. The van der Waals surface area contributed by atoms with Crippen molar-refractivity contribution in [2.24, 2.45) is 5.92 Å². The molecule has 2 N–H and O–H groups in total. The van der Waals surface area contributed by atoms with Crippen LogP contribution in [0, 0.1) is 17.6 Å². The van der Waals surface area contributed by atoms with Crippen LogP contribution in [0.1, 0.15) is 49.4 Å². The van der Waals surface area contributed by atoms with Crippen LogP contribution in [0.25, 0.3) is 0 Å². The minimum Gasteiger partial charge on any atom is -0.356 e. The summed E-state index contributed by atoms with van der Waals surface area (Å²) < 4.78 is 26.4. The topological polar surface area (TPSA) is 78.5 Å². The van der Waals surface area contributed by atoms with Crippen LogP contribution in [0.3, 0.4) is 0 Å². The molecule has 0 saturated carbocycles. The number of halogens is 2. The molecule has 1 aliphatic rings. The van der Waals surface area contributed by atoms with Gasteiger partial charge in [0.05, 0.1) is 11.5 Å². The first-order valence-electron chi connectivity index (χ1n) is 9.71. The first kappa shape index (κ1) is 21.8. The molecule has 0 spiro atoms. The molecule has 0 aromatic heterocycles. The lowest BCUT2D eigenvalue weighted by Crippen LogP contribution is -2.45. The van der Waals surface area contributed by atoms with Gasteiger partial charge >= 0.3 is 0 Å². The van der Waals surface area contributed by atoms with Crippen molar-refractivity contribution in [3.05, 3.63) is 35.4 Å². The summed E-state index contributed by atoms with van der Waals surface area (Å²) in [6, 6.07) is 2.76. The summed E-state index contributed by atoms with van der Waals surface area (Å²) in [7, 11) is 0. The maximum atomic E-state index is 13.6. The maximum absolute atomic E-state index is 13.6. The van der Waals surface area contributed by atoms with Gasteiger partial charge in [-0.1, -0.05) is 6.92 Å². The molecule has 0 bridgehead atoms. The van der Waals surface area contributed by atoms with Crippen molar-refractivity contribution in [3.8, 4) is 0 Å². The third-order valence-electron chi connectivity index (χ3n) is 4.72. The number of nitrogens with zero attached hydrogens (tertiary/aromatic N) is 1. The van der Waals surface area contributed by atoms with Crippen LogP contribution in [0.4, 0.5) is 8.78 Å². The zero-order valence-corrected chi connectivity index (χ0v) is 16.1. The van der Waals surface area contributed by atoms with Gasteiger partial charge in [0.15, 0.2) is 0 Å². The first-order chi connectivity index (χ1) is 13.4. The van der Waals surface area contributed by atoms with E-state index >= 15 is 0 Å². The standard InChI is InChI=1S/C20H27F2N3O3/c1-2-9-23-19(27)14-5-4-11-25(13-14)18(26)6-3-10-24-20(28)16-8-7-15(21)12-17(16)22/h7-8,12,14H,2-6,9-11,13H2,1H3,(H,23,27)(H,24,28). The highest BCUT2D eigenvalue weighted by molar-refractivity contribution is 5.94. The van der Waals surface area contributed by atoms with Crippen LogP contribution in [-0.2, 0) is 9.59 Å². The maximum Gasteiger partial charge on any atom is 0.254 e. The summed E-state index contributed by atoms with van der Waals surface area (Å²) in [5, 5.41) is 5.40. The average molecular weight is 395 g/mol. The van der Waals surface area contributed by atoms with E-state index in [2.05, 4.69) is 10.6 Å². The Morgan fingerprint density at radius 2 is 1.96 bits per heavy atom. The Kier molecular flexibility index (Phi) is 8.35. The van der Waals surface area contributed by atoms with Gasteiger partial charge in [0.2, 0.25) is 11.8 Å². The Hall–Kier alpha value is -2.51. The highest BCUT2D eigenvalue weighted by atomic mass is 19.1. The van der Waals surface area contributed by atoms with Crippen molar-refractivity contribution in [1.29, 1.82) is 0 Å². The van der Waals surface area contributed by atoms with Crippen molar-refractivity contribution < 1.29 is 23.2 Å². The number of carbonyl (C=O) groups is 3. The van der Waals surface area contributed by atoms with Crippen molar-refractivity contribution in [3.63, 3.8) is 0 Å².